The smallest absolute Gasteiger partial charge is 0.219 e. The molecule has 0 N–H and O–H groups in total. The van der Waals surface area contributed by atoms with Crippen molar-refractivity contribution in [1.82, 2.24) is 0 Å². The highest BCUT2D eigenvalue weighted by molar-refractivity contribution is 8.14. The van der Waals surface area contributed by atoms with E-state index in [4.69, 9.17) is 4.74 Å². The van der Waals surface area contributed by atoms with Crippen molar-refractivity contribution in [2.75, 3.05) is 0 Å². The van der Waals surface area contributed by atoms with Crippen molar-refractivity contribution in [3.63, 3.8) is 0 Å². The van der Waals surface area contributed by atoms with Crippen LogP contribution in [0.15, 0.2) is 82.6 Å². The molecule has 0 spiro atoms. The van der Waals surface area contributed by atoms with Gasteiger partial charge in [-0.1, -0.05) is 13.2 Å². The Bertz CT molecular complexity index is 736. The molecule has 0 aliphatic heterocycles. The van der Waals surface area contributed by atoms with Crippen molar-refractivity contribution in [2.24, 2.45) is 0 Å². The summed E-state index contributed by atoms with van der Waals surface area (Å²) in [6, 6.07) is 14.5. The fraction of sp³-hybridized carbons (Fsp3) is 0.100. The van der Waals surface area contributed by atoms with E-state index in [2.05, 4.69) is 13.2 Å². The zero-order valence-electron chi connectivity index (χ0n) is 14.1. The molecule has 0 aliphatic carbocycles. The average molecular weight is 370 g/mol. The number of ether oxygens (including phenoxy) is 1. The number of thioether (sulfide) groups is 2. The third-order valence-electron chi connectivity index (χ3n) is 3.00. The van der Waals surface area contributed by atoms with E-state index in [0.717, 1.165) is 33.3 Å². The maximum absolute atomic E-state index is 11.6. The van der Waals surface area contributed by atoms with Crippen LogP contribution in [0.3, 0.4) is 0 Å². The first kappa shape index (κ1) is 19.1. The van der Waals surface area contributed by atoms with Gasteiger partial charge in [0.05, 0.1) is 0 Å². The Kier molecular flexibility index (Phi) is 6.67. The van der Waals surface area contributed by atoms with Crippen LogP contribution in [0.1, 0.15) is 13.8 Å². The Morgan fingerprint density at radius 1 is 0.720 bits per heavy atom. The summed E-state index contributed by atoms with van der Waals surface area (Å²) in [6.07, 6.45) is 0. The maximum Gasteiger partial charge on any atom is 0.219 e. The second-order valence-electron chi connectivity index (χ2n) is 5.38. The van der Waals surface area contributed by atoms with Gasteiger partial charge in [0.1, 0.15) is 11.5 Å². The molecule has 128 valence electrons. The fourth-order valence-electron chi connectivity index (χ4n) is 1.68. The van der Waals surface area contributed by atoms with Gasteiger partial charge in [0.15, 0.2) is 0 Å². The van der Waals surface area contributed by atoms with Crippen molar-refractivity contribution >= 4 is 33.8 Å². The van der Waals surface area contributed by atoms with Gasteiger partial charge in [0.25, 0.3) is 0 Å². The molecule has 0 radical (unpaired) electrons. The molecule has 0 bridgehead atoms. The molecule has 2 rings (SSSR count). The molecule has 0 aromatic heterocycles. The number of hydrogen-bond donors (Lipinski definition) is 0. The van der Waals surface area contributed by atoms with Crippen LogP contribution in [0.5, 0.6) is 11.5 Å². The normalized spacial score (nSPS) is 10.2. The molecule has 0 fully saturated rings. The van der Waals surface area contributed by atoms with Gasteiger partial charge in [-0.3, -0.25) is 9.59 Å². The van der Waals surface area contributed by atoms with E-state index in [1.807, 2.05) is 24.3 Å². The van der Waals surface area contributed by atoms with E-state index in [0.29, 0.717) is 22.6 Å². The summed E-state index contributed by atoms with van der Waals surface area (Å²) in [6.45, 7) is 10.7. The van der Waals surface area contributed by atoms with Crippen molar-refractivity contribution < 1.29 is 14.3 Å². The highest BCUT2D eigenvalue weighted by Gasteiger charge is 2.07. The van der Waals surface area contributed by atoms with E-state index < -0.39 is 0 Å². The van der Waals surface area contributed by atoms with Gasteiger partial charge in [-0.25, -0.2) is 0 Å². The summed E-state index contributed by atoms with van der Waals surface area (Å²) in [5, 5.41) is -0.0999. The van der Waals surface area contributed by atoms with E-state index in [1.165, 1.54) is 0 Å². The Morgan fingerprint density at radius 2 is 1.04 bits per heavy atom. The summed E-state index contributed by atoms with van der Waals surface area (Å²) in [7, 11) is 0. The highest BCUT2D eigenvalue weighted by atomic mass is 32.2. The summed E-state index contributed by atoms with van der Waals surface area (Å²) in [4.78, 5) is 25.0. The first-order valence-electron chi connectivity index (χ1n) is 7.48. The van der Waals surface area contributed by atoms with Gasteiger partial charge in [-0.2, -0.15) is 0 Å². The molecule has 2 aromatic rings. The average Bonchev–Trinajstić information content (AvgIpc) is 2.58. The minimum Gasteiger partial charge on any atom is -0.457 e. The topological polar surface area (TPSA) is 43.4 Å². The Morgan fingerprint density at radius 3 is 1.32 bits per heavy atom. The summed E-state index contributed by atoms with van der Waals surface area (Å²) in [5.74, 6) is 1.34. The molecular formula is C20H18O3S2. The first-order valence-corrected chi connectivity index (χ1v) is 9.12. The SMILES string of the molecule is C=C(C)C(=O)Sc1ccc(Oc2ccc(SC(=O)C(=C)C)cc2)cc1. The molecule has 0 amide bonds. The number of hydrogen-bond acceptors (Lipinski definition) is 5. The zero-order chi connectivity index (χ0) is 18.4. The molecule has 25 heavy (non-hydrogen) atoms. The summed E-state index contributed by atoms with van der Waals surface area (Å²) in [5.41, 5.74) is 1.04. The quantitative estimate of drug-likeness (QED) is 0.470. The van der Waals surface area contributed by atoms with Crippen LogP contribution in [-0.2, 0) is 9.59 Å². The van der Waals surface area contributed by atoms with E-state index in [-0.39, 0.29) is 10.2 Å². The molecule has 2 aromatic carbocycles. The van der Waals surface area contributed by atoms with Crippen LogP contribution < -0.4 is 4.74 Å². The largest absolute Gasteiger partial charge is 0.457 e. The van der Waals surface area contributed by atoms with Gasteiger partial charge in [-0.15, -0.1) is 0 Å². The lowest BCUT2D eigenvalue weighted by molar-refractivity contribution is -0.108. The lowest BCUT2D eigenvalue weighted by atomic mass is 10.3. The number of carbonyl (C=O) groups is 2. The predicted octanol–water partition coefficient (Wildman–Crippen LogP) is 5.87. The van der Waals surface area contributed by atoms with E-state index in [9.17, 15) is 9.59 Å². The molecule has 0 saturated carbocycles. The highest BCUT2D eigenvalue weighted by Crippen LogP contribution is 2.29. The maximum atomic E-state index is 11.6. The van der Waals surface area contributed by atoms with Gasteiger partial charge in [0.2, 0.25) is 10.2 Å². The second kappa shape index (κ2) is 8.74. The second-order valence-corrected chi connectivity index (χ2v) is 7.48. The number of carbonyl (C=O) groups excluding carboxylic acids is 2. The molecule has 0 saturated heterocycles. The molecule has 0 heterocycles. The molecular weight excluding hydrogens is 352 g/mol. The first-order chi connectivity index (χ1) is 11.8. The van der Waals surface area contributed by atoms with Crippen LogP contribution >= 0.6 is 23.5 Å². The molecule has 0 atom stereocenters. The summed E-state index contributed by atoms with van der Waals surface area (Å²) < 4.78 is 5.77. The van der Waals surface area contributed by atoms with Crippen LogP contribution in [0, 0.1) is 0 Å². The fourth-order valence-corrected chi connectivity index (χ4v) is 3.00. The van der Waals surface area contributed by atoms with Crippen LogP contribution in [0.25, 0.3) is 0 Å². The predicted molar refractivity (Wildman–Crippen MR) is 104 cm³/mol. The van der Waals surface area contributed by atoms with Crippen molar-refractivity contribution in [3.8, 4) is 11.5 Å². The lowest BCUT2D eigenvalue weighted by Crippen LogP contribution is -1.91. The lowest BCUT2D eigenvalue weighted by Gasteiger charge is -2.07. The summed E-state index contributed by atoms with van der Waals surface area (Å²) >= 11 is 2.28. The van der Waals surface area contributed by atoms with Gasteiger partial charge < -0.3 is 4.74 Å². The zero-order valence-corrected chi connectivity index (χ0v) is 15.7. The van der Waals surface area contributed by atoms with Crippen LogP contribution in [0.4, 0.5) is 0 Å². The Hall–Kier alpha value is -2.24. The molecule has 0 aliphatic rings. The van der Waals surface area contributed by atoms with Gasteiger partial charge >= 0.3 is 0 Å². The molecule has 5 heteroatoms. The third kappa shape index (κ3) is 5.96. The monoisotopic (exact) mass is 370 g/mol. The third-order valence-corrected chi connectivity index (χ3v) is 5.08. The Balaban J connectivity index is 1.98. The van der Waals surface area contributed by atoms with Crippen LogP contribution in [-0.4, -0.2) is 10.2 Å². The Labute approximate surface area is 156 Å². The van der Waals surface area contributed by atoms with E-state index >= 15 is 0 Å². The standard InChI is InChI=1S/C20H18O3S2/c1-13(2)19(21)24-17-9-5-15(6-10-17)23-16-7-11-18(12-8-16)25-20(22)14(3)4/h5-12H,1,3H2,2,4H3. The molecule has 3 nitrogen and oxygen atoms in total. The minimum absolute atomic E-state index is 0.0499. The van der Waals surface area contributed by atoms with Crippen molar-refractivity contribution in [1.29, 1.82) is 0 Å². The van der Waals surface area contributed by atoms with Crippen molar-refractivity contribution in [3.05, 3.63) is 72.8 Å². The minimum atomic E-state index is -0.0499. The van der Waals surface area contributed by atoms with Crippen LogP contribution in [0.2, 0.25) is 0 Å². The van der Waals surface area contributed by atoms with Gasteiger partial charge in [-0.05, 0) is 97.0 Å². The number of benzene rings is 2. The van der Waals surface area contributed by atoms with E-state index in [1.54, 1.807) is 38.1 Å². The van der Waals surface area contributed by atoms with Crippen molar-refractivity contribution in [2.45, 2.75) is 23.6 Å². The molecule has 0 unspecified atom stereocenters. The number of rotatable bonds is 6. The van der Waals surface area contributed by atoms with Gasteiger partial charge in [0, 0.05) is 9.79 Å².